The third-order valence-electron chi connectivity index (χ3n) is 5.79. The van der Waals surface area contributed by atoms with E-state index in [1.54, 1.807) is 24.3 Å². The van der Waals surface area contributed by atoms with E-state index < -0.39 is 0 Å². The summed E-state index contributed by atoms with van der Waals surface area (Å²) < 4.78 is 0. The maximum absolute atomic E-state index is 12.7. The van der Waals surface area contributed by atoms with Crippen LogP contribution in [-0.4, -0.2) is 11.6 Å². The second-order valence-electron chi connectivity index (χ2n) is 6.92. The highest BCUT2D eigenvalue weighted by atomic mass is 35.5. The Morgan fingerprint density at radius 2 is 1.95 bits per heavy atom. The molecule has 2 nitrogen and oxygen atoms in total. The third kappa shape index (κ3) is 1.85. The lowest BCUT2D eigenvalue weighted by Crippen LogP contribution is -2.32. The van der Waals surface area contributed by atoms with Crippen molar-refractivity contribution in [3.05, 3.63) is 46.5 Å². The molecule has 0 aromatic heterocycles. The number of hydrogen-bond acceptors (Lipinski definition) is 2. The Balaban J connectivity index is 2.01. The van der Waals surface area contributed by atoms with Crippen LogP contribution < -0.4 is 0 Å². The van der Waals surface area contributed by atoms with E-state index in [1.165, 1.54) is 6.08 Å². The van der Waals surface area contributed by atoms with Crippen LogP contribution in [0.15, 0.2) is 35.9 Å². The Morgan fingerprint density at radius 1 is 1.29 bits per heavy atom. The van der Waals surface area contributed by atoms with Crippen LogP contribution in [0, 0.1) is 16.7 Å². The van der Waals surface area contributed by atoms with Gasteiger partial charge in [-0.15, -0.1) is 0 Å². The molecule has 110 valence electrons. The molecule has 0 heterocycles. The number of hydrogen-bond donors (Lipinski definition) is 0. The molecule has 0 saturated heterocycles. The molecule has 3 rings (SSSR count). The van der Waals surface area contributed by atoms with Crippen molar-refractivity contribution in [2.45, 2.75) is 33.6 Å². The van der Waals surface area contributed by atoms with Gasteiger partial charge in [-0.05, 0) is 42.4 Å². The molecule has 0 radical (unpaired) electrons. The molecule has 1 aromatic carbocycles. The van der Waals surface area contributed by atoms with Gasteiger partial charge in [-0.1, -0.05) is 44.5 Å². The van der Waals surface area contributed by atoms with Gasteiger partial charge in [0.15, 0.2) is 11.6 Å². The fraction of sp³-hybridized carbons (Fsp3) is 0.444. The second-order valence-corrected chi connectivity index (χ2v) is 7.33. The van der Waals surface area contributed by atoms with Gasteiger partial charge in [-0.3, -0.25) is 9.59 Å². The monoisotopic (exact) mass is 302 g/mol. The summed E-state index contributed by atoms with van der Waals surface area (Å²) in [7, 11) is 0. The van der Waals surface area contributed by atoms with Gasteiger partial charge in [-0.2, -0.15) is 0 Å². The van der Waals surface area contributed by atoms with Crippen LogP contribution in [0.2, 0.25) is 5.02 Å². The topological polar surface area (TPSA) is 34.1 Å². The molecule has 2 fully saturated rings. The molecule has 2 aliphatic carbocycles. The molecule has 0 N–H and O–H groups in total. The standard InChI is InChI=1S/C18H19ClO2/c1-17(2)13-8-9-18(17,3)16(21)12(13)10-15(20)11-6-4-5-7-14(11)19/h4-7,10,13H,8-9H2,1-3H3/b12-10+/t13-,18+/m0/s1. The summed E-state index contributed by atoms with van der Waals surface area (Å²) in [6.45, 7) is 6.32. The fourth-order valence-electron chi connectivity index (χ4n) is 3.97. The predicted octanol–water partition coefficient (Wildman–Crippen LogP) is 4.47. The zero-order chi connectivity index (χ0) is 15.4. The number of carbonyl (C=O) groups is 2. The molecule has 0 aliphatic heterocycles. The van der Waals surface area contributed by atoms with Crippen LogP contribution in [0.3, 0.4) is 0 Å². The van der Waals surface area contributed by atoms with Crippen molar-refractivity contribution >= 4 is 23.2 Å². The minimum atomic E-state index is -0.329. The van der Waals surface area contributed by atoms with Crippen LogP contribution in [-0.2, 0) is 4.79 Å². The number of fused-ring (bicyclic) bond motifs is 2. The quantitative estimate of drug-likeness (QED) is 0.596. The van der Waals surface area contributed by atoms with E-state index in [1.807, 2.05) is 6.92 Å². The Morgan fingerprint density at radius 3 is 2.52 bits per heavy atom. The number of ketones is 2. The van der Waals surface area contributed by atoms with Crippen LogP contribution in [0.1, 0.15) is 44.0 Å². The van der Waals surface area contributed by atoms with Crippen LogP contribution in [0.4, 0.5) is 0 Å². The first-order valence-electron chi connectivity index (χ1n) is 7.34. The van der Waals surface area contributed by atoms with Gasteiger partial charge in [0.05, 0.1) is 5.02 Å². The lowest BCUT2D eigenvalue weighted by atomic mass is 9.70. The molecule has 3 heteroatoms. The number of Topliss-reactive ketones (excluding diaryl/α,β-unsaturated/α-hetero) is 1. The van der Waals surface area contributed by atoms with Gasteiger partial charge in [0.2, 0.25) is 0 Å². The van der Waals surface area contributed by atoms with E-state index in [2.05, 4.69) is 13.8 Å². The van der Waals surface area contributed by atoms with Crippen molar-refractivity contribution in [2.24, 2.45) is 16.7 Å². The first-order chi connectivity index (χ1) is 9.79. The average molecular weight is 303 g/mol. The van der Waals surface area contributed by atoms with Crippen molar-refractivity contribution < 1.29 is 9.59 Å². The summed E-state index contributed by atoms with van der Waals surface area (Å²) in [4.78, 5) is 25.1. The number of carbonyl (C=O) groups excluding carboxylic acids is 2. The van der Waals surface area contributed by atoms with Crippen molar-refractivity contribution in [1.82, 2.24) is 0 Å². The maximum Gasteiger partial charge on any atom is 0.187 e. The zero-order valence-electron chi connectivity index (χ0n) is 12.6. The molecule has 0 amide bonds. The molecule has 2 atom stereocenters. The summed E-state index contributed by atoms with van der Waals surface area (Å²) in [6, 6.07) is 6.97. The number of allylic oxidation sites excluding steroid dienone is 2. The molecule has 0 spiro atoms. The largest absolute Gasteiger partial charge is 0.294 e. The fourth-order valence-corrected chi connectivity index (χ4v) is 4.20. The molecule has 2 saturated carbocycles. The summed E-state index contributed by atoms with van der Waals surface area (Å²) in [5, 5.41) is 0.431. The van der Waals surface area contributed by atoms with Gasteiger partial charge < -0.3 is 0 Å². The Bertz CT molecular complexity index is 672. The van der Waals surface area contributed by atoms with Crippen molar-refractivity contribution in [2.75, 3.05) is 0 Å². The van der Waals surface area contributed by atoms with E-state index in [0.29, 0.717) is 16.2 Å². The summed E-state index contributed by atoms with van der Waals surface area (Å²) >= 11 is 6.07. The summed E-state index contributed by atoms with van der Waals surface area (Å²) in [5.41, 5.74) is 0.755. The molecule has 0 unspecified atom stereocenters. The van der Waals surface area contributed by atoms with Gasteiger partial charge in [0.1, 0.15) is 0 Å². The second kappa shape index (κ2) is 4.54. The first kappa shape index (κ1) is 14.5. The Labute approximate surface area is 130 Å². The molecular formula is C18H19ClO2. The van der Waals surface area contributed by atoms with Crippen molar-refractivity contribution in [3.63, 3.8) is 0 Å². The average Bonchev–Trinajstić information content (AvgIpc) is 2.73. The zero-order valence-corrected chi connectivity index (χ0v) is 13.3. The summed E-state index contributed by atoms with van der Waals surface area (Å²) in [5.74, 6) is 0.154. The highest BCUT2D eigenvalue weighted by Crippen LogP contribution is 2.65. The number of benzene rings is 1. The van der Waals surface area contributed by atoms with Crippen molar-refractivity contribution in [3.8, 4) is 0 Å². The molecule has 2 aliphatic rings. The molecule has 2 bridgehead atoms. The predicted molar refractivity (Wildman–Crippen MR) is 83.5 cm³/mol. The number of rotatable bonds is 2. The van der Waals surface area contributed by atoms with Crippen LogP contribution in [0.25, 0.3) is 0 Å². The van der Waals surface area contributed by atoms with Gasteiger partial charge in [0, 0.05) is 16.6 Å². The molecule has 1 aromatic rings. The van der Waals surface area contributed by atoms with Crippen molar-refractivity contribution in [1.29, 1.82) is 0 Å². The van der Waals surface area contributed by atoms with E-state index >= 15 is 0 Å². The smallest absolute Gasteiger partial charge is 0.187 e. The lowest BCUT2D eigenvalue weighted by molar-refractivity contribution is -0.125. The highest BCUT2D eigenvalue weighted by molar-refractivity contribution is 6.34. The van der Waals surface area contributed by atoms with Crippen LogP contribution >= 0.6 is 11.6 Å². The van der Waals surface area contributed by atoms with Gasteiger partial charge >= 0.3 is 0 Å². The maximum atomic E-state index is 12.7. The van der Waals surface area contributed by atoms with E-state index in [0.717, 1.165) is 12.8 Å². The first-order valence-corrected chi connectivity index (χ1v) is 7.72. The van der Waals surface area contributed by atoms with Gasteiger partial charge in [-0.25, -0.2) is 0 Å². The van der Waals surface area contributed by atoms with Crippen LogP contribution in [0.5, 0.6) is 0 Å². The molecule has 21 heavy (non-hydrogen) atoms. The van der Waals surface area contributed by atoms with E-state index in [-0.39, 0.29) is 28.3 Å². The minimum Gasteiger partial charge on any atom is -0.294 e. The highest BCUT2D eigenvalue weighted by Gasteiger charge is 2.63. The van der Waals surface area contributed by atoms with E-state index in [4.69, 9.17) is 11.6 Å². The Hall–Kier alpha value is -1.41. The molecular weight excluding hydrogens is 284 g/mol. The van der Waals surface area contributed by atoms with Gasteiger partial charge in [0.25, 0.3) is 0 Å². The summed E-state index contributed by atoms with van der Waals surface area (Å²) in [6.07, 6.45) is 3.43. The lowest BCUT2D eigenvalue weighted by Gasteiger charge is -2.31. The third-order valence-corrected chi connectivity index (χ3v) is 6.12. The Kier molecular flexibility index (Phi) is 3.14. The normalized spacial score (nSPS) is 31.9. The number of halogens is 1. The SMILES string of the molecule is CC1(C)[C@H]2CC[C@]1(C)C(=O)/C2=C/C(=O)c1ccccc1Cl. The van der Waals surface area contributed by atoms with E-state index in [9.17, 15) is 9.59 Å². The minimum absolute atomic E-state index is 0.0727.